The third kappa shape index (κ3) is 8.43. The van der Waals surface area contributed by atoms with Crippen LogP contribution >= 0.6 is 39.5 Å². The van der Waals surface area contributed by atoms with Gasteiger partial charge in [-0.2, -0.15) is 0 Å². The molecule has 1 aliphatic rings. The number of nitrogens with zero attached hydrogens (tertiary/aromatic N) is 3. The Morgan fingerprint density at radius 2 is 1.15 bits per heavy atom. The Morgan fingerprint density at radius 1 is 0.729 bits per heavy atom. The zero-order chi connectivity index (χ0) is 35.5. The number of benzene rings is 3. The number of carbonyl (C=O) groups excluding carboxylic acids is 1. The Morgan fingerprint density at radius 3 is 1.54 bits per heavy atom. The number of carbonyl (C=O) groups is 1. The molecule has 1 heterocycles. The molecule has 3 aromatic rings. The molecule has 4 rings (SSSR count). The number of halogens is 2. The van der Waals surface area contributed by atoms with E-state index in [2.05, 4.69) is 158 Å². The fraction of sp³-hybridized carbons (Fsp3) is 0.462. The monoisotopic (exact) mass is 967 g/mol. The second-order valence-electron chi connectivity index (χ2n) is 13.6. The third-order valence-corrected chi connectivity index (χ3v) is 18.6. The van der Waals surface area contributed by atoms with Gasteiger partial charge in [0.2, 0.25) is 0 Å². The first-order valence-corrected chi connectivity index (χ1v) is 29.0. The van der Waals surface area contributed by atoms with Crippen molar-refractivity contribution in [2.24, 2.45) is 0 Å². The van der Waals surface area contributed by atoms with Gasteiger partial charge in [-0.1, -0.05) is 0 Å². The molecular weight excluding hydrogens is 913 g/mol. The van der Waals surface area contributed by atoms with Crippen LogP contribution in [0.5, 0.6) is 5.75 Å². The van der Waals surface area contributed by atoms with Crippen molar-refractivity contribution in [3.05, 3.63) is 88.5 Å². The summed E-state index contributed by atoms with van der Waals surface area (Å²) in [5.74, 6) is 2.00. The van der Waals surface area contributed by atoms with Crippen molar-refractivity contribution in [2.75, 3.05) is 37.0 Å². The molecule has 0 aromatic heterocycles. The van der Waals surface area contributed by atoms with Gasteiger partial charge in [0.05, 0.1) is 0 Å². The van der Waals surface area contributed by atoms with E-state index in [0.29, 0.717) is 29.4 Å². The number of anilines is 2. The van der Waals surface area contributed by atoms with Gasteiger partial charge in [-0.25, -0.2) is 0 Å². The van der Waals surface area contributed by atoms with Gasteiger partial charge in [-0.3, -0.25) is 0 Å². The molecule has 0 saturated carbocycles. The number of hydroxylamine groups is 2. The van der Waals surface area contributed by atoms with Crippen molar-refractivity contribution >= 4 is 65.7 Å². The normalized spacial score (nSPS) is 14.8. The number of likely N-dealkylation sites (N-methyl/N-ethyl adjacent to an activating group) is 1. The van der Waals surface area contributed by atoms with Crippen molar-refractivity contribution in [1.82, 2.24) is 5.06 Å². The van der Waals surface area contributed by atoms with Gasteiger partial charge >= 0.3 is 315 Å². The molecule has 0 aliphatic carbocycles. The van der Waals surface area contributed by atoms with Gasteiger partial charge in [-0.15, -0.1) is 0 Å². The molecule has 0 N–H and O–H groups in total. The molecule has 9 heteroatoms. The molecule has 6 nitrogen and oxygen atoms in total. The van der Waals surface area contributed by atoms with Gasteiger partial charge in [0, 0.05) is 0 Å². The van der Waals surface area contributed by atoms with Gasteiger partial charge in [0.1, 0.15) is 0 Å². The Bertz CT molecular complexity index is 1610. The van der Waals surface area contributed by atoms with Crippen molar-refractivity contribution in [3.8, 4) is 5.75 Å². The summed E-state index contributed by atoms with van der Waals surface area (Å²) in [6, 6.07) is 21.9. The van der Waals surface area contributed by atoms with Gasteiger partial charge < -0.3 is 0 Å². The van der Waals surface area contributed by atoms with Crippen molar-refractivity contribution < 1.29 is 21.2 Å². The summed E-state index contributed by atoms with van der Waals surface area (Å²) in [6.07, 6.45) is -0.696. The fourth-order valence-electron chi connectivity index (χ4n) is 6.27. The molecule has 1 saturated heterocycles. The van der Waals surface area contributed by atoms with Gasteiger partial charge in [0.25, 0.3) is 0 Å². The molecule has 268 valence electrons. The summed E-state index contributed by atoms with van der Waals surface area (Å²) in [7, 11) is 3.09. The molecule has 0 spiro atoms. The number of hydrogen-bond donors (Lipinski definition) is 0. The first-order chi connectivity index (χ1) is 22.6. The topological polar surface area (TPSA) is 45.2 Å². The minimum absolute atomic E-state index is 0.233. The molecule has 1 fully saturated rings. The molecule has 0 radical (unpaired) electrons. The van der Waals surface area contributed by atoms with E-state index in [1.165, 1.54) is 50.2 Å². The first-order valence-electron chi connectivity index (χ1n) is 16.8. The van der Waals surface area contributed by atoms with Crippen molar-refractivity contribution in [3.63, 3.8) is 0 Å². The SMILES string of the molecule is CON(C)C(=O)C(C)Oc1ccccc1[CH]=[Ru-4]([I])([I])=[C]1N(c2c(C(C)C)cccc2C(C)C)CCN1c1c(C(C)C)cccc1C(C)C. The van der Waals surface area contributed by atoms with Gasteiger partial charge in [-0.05, 0) is 0 Å². The van der Waals surface area contributed by atoms with E-state index in [1.54, 1.807) is 14.0 Å². The average Bonchev–Trinajstić information content (AvgIpc) is 3.49. The van der Waals surface area contributed by atoms with E-state index in [9.17, 15) is 4.79 Å². The quantitative estimate of drug-likeness (QED) is 0.109. The van der Waals surface area contributed by atoms with Gasteiger partial charge in [0.15, 0.2) is 0 Å². The van der Waals surface area contributed by atoms with Crippen LogP contribution in [-0.2, 0) is 16.5 Å². The molecule has 1 unspecified atom stereocenters. The Hall–Kier alpha value is -1.69. The molecule has 0 bridgehead atoms. The standard InChI is InChI=1S/C27H38N2.C12H15NO3.2HI.Ru/c1-18(2)22-11-9-12-23(19(3)4)26(22)28-15-16-29(17-28)27-24(20(5)6)13-10-14-25(27)21(7)8;1-9-7-5-6-8-11(9)16-10(2)12(14)13(3)15-4;;;/h9-14,18-21H,15-16H2,1-8H3;1,5-8,10H,2-4H3;2*1H;/q;;;;-2/p-2. The molecule has 48 heavy (non-hydrogen) atoms. The number of rotatable bonds is 11. The average molecular weight is 967 g/mol. The predicted molar refractivity (Wildman–Crippen MR) is 218 cm³/mol. The van der Waals surface area contributed by atoms with Crippen LogP contribution in [0.1, 0.15) is 114 Å². The molecule has 1 aliphatic heterocycles. The number of amides is 1. The molecule has 1 atom stereocenters. The number of hydrogen-bond acceptors (Lipinski definition) is 5. The summed E-state index contributed by atoms with van der Waals surface area (Å²) in [6.45, 7) is 19.2. The van der Waals surface area contributed by atoms with E-state index < -0.39 is 12.9 Å². The second kappa shape index (κ2) is 16.6. The number of para-hydroxylation sites is 3. The molecule has 3 aromatic carbocycles. The van der Waals surface area contributed by atoms with E-state index in [1.807, 2.05) is 12.1 Å². The van der Waals surface area contributed by atoms with Crippen LogP contribution in [-0.4, -0.2) is 53.3 Å². The van der Waals surface area contributed by atoms with Crippen LogP contribution in [0.4, 0.5) is 11.4 Å². The van der Waals surface area contributed by atoms with Crippen molar-refractivity contribution in [2.45, 2.75) is 92.1 Å². The maximum atomic E-state index is 12.9. The van der Waals surface area contributed by atoms with E-state index in [-0.39, 0.29) is 5.91 Å². The Balaban J connectivity index is 2.08. The summed E-state index contributed by atoms with van der Waals surface area (Å²) < 4.78 is 10.2. The molecular formula is C39H53I2N3O3Ru-4. The summed E-state index contributed by atoms with van der Waals surface area (Å²) in [4.78, 5) is 23.4. The van der Waals surface area contributed by atoms with Crippen LogP contribution in [0.3, 0.4) is 0 Å². The zero-order valence-corrected chi connectivity index (χ0v) is 36.4. The zero-order valence-electron chi connectivity index (χ0n) is 30.3. The minimum atomic E-state index is -2.93. The summed E-state index contributed by atoms with van der Waals surface area (Å²) in [5, 5.41) is 1.22. The maximum absolute atomic E-state index is 12.9. The third-order valence-electron chi connectivity index (χ3n) is 8.81. The Labute approximate surface area is 312 Å². The van der Waals surface area contributed by atoms with E-state index in [0.717, 1.165) is 18.7 Å². The van der Waals surface area contributed by atoms with Crippen molar-refractivity contribution in [1.29, 1.82) is 0 Å². The number of ether oxygens (including phenoxy) is 1. The van der Waals surface area contributed by atoms with Crippen LogP contribution in [0, 0.1) is 0 Å². The van der Waals surface area contributed by atoms with Crippen LogP contribution in [0.15, 0.2) is 60.7 Å². The second-order valence-corrected chi connectivity index (χ2v) is 39.9. The fourth-order valence-corrected chi connectivity index (χ4v) is 17.3. The summed E-state index contributed by atoms with van der Waals surface area (Å²) in [5.41, 5.74) is 9.31. The first kappa shape index (κ1) is 39.1. The Kier molecular flexibility index (Phi) is 13.5. The van der Waals surface area contributed by atoms with Crippen LogP contribution in [0.25, 0.3) is 0 Å². The van der Waals surface area contributed by atoms with E-state index >= 15 is 0 Å². The van der Waals surface area contributed by atoms with E-state index in [4.69, 9.17) is 9.57 Å². The summed E-state index contributed by atoms with van der Waals surface area (Å²) >= 11 is 5.58. The molecule has 1 amide bonds. The van der Waals surface area contributed by atoms with Crippen LogP contribution in [0.2, 0.25) is 0 Å². The predicted octanol–water partition coefficient (Wildman–Crippen LogP) is 10.1. The van der Waals surface area contributed by atoms with Crippen LogP contribution < -0.4 is 14.5 Å².